The number of benzene rings is 2. The molecular weight excluding hydrogens is 394 g/mol. The molecular formula is C24H29N3O2S. The van der Waals surface area contributed by atoms with Crippen LogP contribution in [0.1, 0.15) is 42.1 Å². The predicted molar refractivity (Wildman–Crippen MR) is 124 cm³/mol. The summed E-state index contributed by atoms with van der Waals surface area (Å²) in [6, 6.07) is 13.9. The highest BCUT2D eigenvalue weighted by Crippen LogP contribution is 2.31. The smallest absolute Gasteiger partial charge is 0.253 e. The number of ether oxygens (including phenoxy) is 1. The summed E-state index contributed by atoms with van der Waals surface area (Å²) in [5.41, 5.74) is 3.02. The van der Waals surface area contributed by atoms with Gasteiger partial charge in [-0.3, -0.25) is 4.79 Å². The lowest BCUT2D eigenvalue weighted by Crippen LogP contribution is -2.48. The van der Waals surface area contributed by atoms with Crippen LogP contribution in [-0.2, 0) is 0 Å². The zero-order valence-corrected chi connectivity index (χ0v) is 18.6. The Bertz CT molecular complexity index is 991. The van der Waals surface area contributed by atoms with Gasteiger partial charge >= 0.3 is 0 Å². The number of unbranched alkanes of at least 4 members (excludes halogenated alkanes) is 2. The Morgan fingerprint density at radius 1 is 1.07 bits per heavy atom. The Morgan fingerprint density at radius 3 is 2.53 bits per heavy atom. The summed E-state index contributed by atoms with van der Waals surface area (Å²) in [7, 11) is 0. The fourth-order valence-electron chi connectivity index (χ4n) is 3.73. The van der Waals surface area contributed by atoms with Crippen LogP contribution < -0.4 is 9.64 Å². The van der Waals surface area contributed by atoms with Gasteiger partial charge in [0.15, 0.2) is 5.13 Å². The molecule has 0 radical (unpaired) electrons. The number of hydrogen-bond acceptors (Lipinski definition) is 5. The molecule has 0 aliphatic carbocycles. The average molecular weight is 424 g/mol. The molecule has 30 heavy (non-hydrogen) atoms. The molecule has 0 atom stereocenters. The Kier molecular flexibility index (Phi) is 6.53. The maximum atomic E-state index is 12.9. The fraction of sp³-hybridized carbons (Fsp3) is 0.417. The van der Waals surface area contributed by atoms with Crippen molar-refractivity contribution >= 4 is 32.6 Å². The lowest BCUT2D eigenvalue weighted by molar-refractivity contribution is 0.0746. The number of para-hydroxylation sites is 1. The highest BCUT2D eigenvalue weighted by atomic mass is 32.1. The molecule has 0 bridgehead atoms. The minimum absolute atomic E-state index is 0.0901. The molecule has 0 unspecified atom stereocenters. The first-order chi connectivity index (χ1) is 14.7. The normalized spacial score (nSPS) is 14.3. The Morgan fingerprint density at radius 2 is 1.83 bits per heavy atom. The van der Waals surface area contributed by atoms with Gasteiger partial charge in [0.1, 0.15) is 5.75 Å². The molecule has 0 saturated carbocycles. The minimum Gasteiger partial charge on any atom is -0.494 e. The maximum Gasteiger partial charge on any atom is 0.253 e. The van der Waals surface area contributed by atoms with Gasteiger partial charge in [-0.25, -0.2) is 4.98 Å². The summed E-state index contributed by atoms with van der Waals surface area (Å²) in [6.45, 7) is 8.05. The standard InChI is InChI=1S/C24H29N3O2S/c1-3-4-5-17-29-20-11-9-19(10-12-20)23(28)26-13-15-27(16-14-26)24-25-22-18(2)7-6-8-21(22)30-24/h6-12H,3-5,13-17H2,1-2H3. The number of amides is 1. The number of hydrogen-bond donors (Lipinski definition) is 0. The number of anilines is 1. The number of fused-ring (bicyclic) bond motifs is 1. The van der Waals surface area contributed by atoms with E-state index in [0.717, 1.165) is 48.1 Å². The highest BCUT2D eigenvalue weighted by molar-refractivity contribution is 7.22. The zero-order chi connectivity index (χ0) is 20.9. The first-order valence-electron chi connectivity index (χ1n) is 10.8. The molecule has 4 rings (SSSR count). The second-order valence-electron chi connectivity index (χ2n) is 7.78. The summed E-state index contributed by atoms with van der Waals surface area (Å²) < 4.78 is 6.97. The number of aryl methyl sites for hydroxylation is 1. The van der Waals surface area contributed by atoms with Crippen molar-refractivity contribution < 1.29 is 9.53 Å². The topological polar surface area (TPSA) is 45.7 Å². The molecule has 158 valence electrons. The van der Waals surface area contributed by atoms with E-state index in [4.69, 9.17) is 9.72 Å². The monoisotopic (exact) mass is 423 g/mol. The van der Waals surface area contributed by atoms with Crippen LogP contribution in [0.4, 0.5) is 5.13 Å². The van der Waals surface area contributed by atoms with Crippen molar-refractivity contribution in [3.63, 3.8) is 0 Å². The second kappa shape index (κ2) is 9.47. The SMILES string of the molecule is CCCCCOc1ccc(C(=O)N2CCN(c3nc4c(C)cccc4s3)CC2)cc1. The van der Waals surface area contributed by atoms with Crippen LogP contribution in [0, 0.1) is 6.92 Å². The van der Waals surface area contributed by atoms with Crippen molar-refractivity contribution in [2.24, 2.45) is 0 Å². The van der Waals surface area contributed by atoms with E-state index < -0.39 is 0 Å². The van der Waals surface area contributed by atoms with Crippen LogP contribution in [0.3, 0.4) is 0 Å². The van der Waals surface area contributed by atoms with Crippen LogP contribution in [-0.4, -0.2) is 48.6 Å². The van der Waals surface area contributed by atoms with Gasteiger partial charge in [-0.15, -0.1) is 0 Å². The molecule has 2 aromatic carbocycles. The van der Waals surface area contributed by atoms with Crippen molar-refractivity contribution in [1.29, 1.82) is 0 Å². The molecule has 0 N–H and O–H groups in total. The van der Waals surface area contributed by atoms with Crippen molar-refractivity contribution in [2.75, 3.05) is 37.7 Å². The molecule has 3 aromatic rings. The summed E-state index contributed by atoms with van der Waals surface area (Å²) in [5, 5.41) is 1.05. The van der Waals surface area contributed by atoms with E-state index in [2.05, 4.69) is 36.9 Å². The molecule has 1 saturated heterocycles. The van der Waals surface area contributed by atoms with Crippen LogP contribution >= 0.6 is 11.3 Å². The Labute approximate surface area is 182 Å². The quantitative estimate of drug-likeness (QED) is 0.494. The summed E-state index contributed by atoms with van der Waals surface area (Å²) in [5.74, 6) is 0.922. The number of carbonyl (C=O) groups is 1. The number of nitrogens with zero attached hydrogens (tertiary/aromatic N) is 3. The van der Waals surface area contributed by atoms with Crippen LogP contribution in [0.25, 0.3) is 10.2 Å². The van der Waals surface area contributed by atoms with Gasteiger partial charge < -0.3 is 14.5 Å². The van der Waals surface area contributed by atoms with Crippen LogP contribution in [0.5, 0.6) is 5.75 Å². The third-order valence-corrected chi connectivity index (χ3v) is 6.65. The molecule has 1 fully saturated rings. The summed E-state index contributed by atoms with van der Waals surface area (Å²) in [4.78, 5) is 22.0. The van der Waals surface area contributed by atoms with Crippen molar-refractivity contribution in [3.05, 3.63) is 53.6 Å². The first kappa shape index (κ1) is 20.7. The van der Waals surface area contributed by atoms with Gasteiger partial charge in [-0.05, 0) is 49.2 Å². The van der Waals surface area contributed by atoms with E-state index in [1.54, 1.807) is 11.3 Å². The highest BCUT2D eigenvalue weighted by Gasteiger charge is 2.24. The Hall–Kier alpha value is -2.60. The van der Waals surface area contributed by atoms with Crippen molar-refractivity contribution in [1.82, 2.24) is 9.88 Å². The predicted octanol–water partition coefficient (Wildman–Crippen LogP) is 5.14. The van der Waals surface area contributed by atoms with Crippen molar-refractivity contribution in [3.8, 4) is 5.75 Å². The van der Waals surface area contributed by atoms with Gasteiger partial charge in [-0.2, -0.15) is 0 Å². The maximum absolute atomic E-state index is 12.9. The third kappa shape index (κ3) is 4.59. The van der Waals surface area contributed by atoms with Crippen LogP contribution in [0.15, 0.2) is 42.5 Å². The van der Waals surface area contributed by atoms with E-state index in [1.165, 1.54) is 23.1 Å². The molecule has 2 heterocycles. The lowest BCUT2D eigenvalue weighted by Gasteiger charge is -2.34. The number of piperazine rings is 1. The lowest BCUT2D eigenvalue weighted by atomic mass is 10.1. The van der Waals surface area contributed by atoms with Gasteiger partial charge in [0, 0.05) is 31.7 Å². The zero-order valence-electron chi connectivity index (χ0n) is 17.8. The second-order valence-corrected chi connectivity index (χ2v) is 8.79. The molecule has 5 nitrogen and oxygen atoms in total. The molecule has 1 amide bonds. The van der Waals surface area contributed by atoms with Crippen molar-refractivity contribution in [2.45, 2.75) is 33.1 Å². The first-order valence-corrected chi connectivity index (χ1v) is 11.6. The average Bonchev–Trinajstić information content (AvgIpc) is 3.23. The van der Waals surface area contributed by atoms with E-state index in [-0.39, 0.29) is 5.91 Å². The molecule has 1 aliphatic rings. The summed E-state index contributed by atoms with van der Waals surface area (Å²) in [6.07, 6.45) is 3.43. The van der Waals surface area contributed by atoms with Gasteiger partial charge in [0.05, 0.1) is 16.8 Å². The molecule has 0 spiro atoms. The fourth-order valence-corrected chi connectivity index (χ4v) is 4.82. The number of carbonyl (C=O) groups excluding carboxylic acids is 1. The summed E-state index contributed by atoms with van der Waals surface area (Å²) >= 11 is 1.73. The van der Waals surface area contributed by atoms with E-state index in [0.29, 0.717) is 13.1 Å². The van der Waals surface area contributed by atoms with E-state index >= 15 is 0 Å². The molecule has 6 heteroatoms. The van der Waals surface area contributed by atoms with Gasteiger partial charge in [0.2, 0.25) is 0 Å². The van der Waals surface area contributed by atoms with E-state index in [9.17, 15) is 4.79 Å². The molecule has 1 aliphatic heterocycles. The Balaban J connectivity index is 1.33. The molecule has 1 aromatic heterocycles. The third-order valence-electron chi connectivity index (χ3n) is 5.56. The van der Waals surface area contributed by atoms with Crippen LogP contribution in [0.2, 0.25) is 0 Å². The number of aromatic nitrogens is 1. The van der Waals surface area contributed by atoms with Gasteiger partial charge in [-0.1, -0.05) is 43.2 Å². The largest absolute Gasteiger partial charge is 0.494 e. The van der Waals surface area contributed by atoms with Gasteiger partial charge in [0.25, 0.3) is 5.91 Å². The van der Waals surface area contributed by atoms with E-state index in [1.807, 2.05) is 29.2 Å². The number of thiazole rings is 1. The minimum atomic E-state index is 0.0901. The number of rotatable bonds is 7.